The summed E-state index contributed by atoms with van der Waals surface area (Å²) in [6.07, 6.45) is 1.69. The fourth-order valence-electron chi connectivity index (χ4n) is 3.57. The number of carbonyl (C=O) groups is 1. The van der Waals surface area contributed by atoms with Gasteiger partial charge in [-0.15, -0.1) is 0 Å². The molecule has 2 aromatic carbocycles. The molecule has 0 bridgehead atoms. The van der Waals surface area contributed by atoms with E-state index in [1.807, 2.05) is 66.1 Å². The predicted molar refractivity (Wildman–Crippen MR) is 128 cm³/mol. The largest absolute Gasteiger partial charge is 0.357 e. The van der Waals surface area contributed by atoms with Gasteiger partial charge < -0.3 is 20.1 Å². The van der Waals surface area contributed by atoms with E-state index in [0.717, 1.165) is 47.0 Å². The number of hydrogen-bond acceptors (Lipinski definition) is 6. The Morgan fingerprint density at radius 3 is 2.47 bits per heavy atom. The Morgan fingerprint density at radius 2 is 1.72 bits per heavy atom. The Hall–Kier alpha value is -3.94. The minimum Gasteiger partial charge on any atom is -0.357 e. The Balaban J connectivity index is 1.40. The molecule has 0 fully saturated rings. The predicted octanol–water partition coefficient (Wildman–Crippen LogP) is 4.36. The molecule has 0 saturated heterocycles. The van der Waals surface area contributed by atoms with E-state index in [9.17, 15) is 4.79 Å². The van der Waals surface area contributed by atoms with Crippen LogP contribution in [0.25, 0.3) is 11.0 Å². The number of nitrogens with one attached hydrogen (secondary N) is 2. The van der Waals surface area contributed by atoms with Gasteiger partial charge in [-0.25, -0.2) is 9.97 Å². The third-order valence-electron chi connectivity index (χ3n) is 5.19. The molecule has 4 aromatic rings. The highest BCUT2D eigenvalue weighted by atomic mass is 16.1. The molecule has 0 atom stereocenters. The van der Waals surface area contributed by atoms with Gasteiger partial charge in [-0.05, 0) is 57.2 Å². The minimum atomic E-state index is -0.111. The van der Waals surface area contributed by atoms with Crippen LogP contribution in [0.5, 0.6) is 0 Å². The van der Waals surface area contributed by atoms with Crippen molar-refractivity contribution in [2.45, 2.75) is 27.3 Å². The van der Waals surface area contributed by atoms with Crippen LogP contribution >= 0.6 is 0 Å². The highest BCUT2D eigenvalue weighted by Crippen LogP contribution is 2.20. The maximum absolute atomic E-state index is 12.5. The first kappa shape index (κ1) is 21.3. The fraction of sp³-hybridized carbons (Fsp3) is 0.250. The number of rotatable bonds is 8. The summed E-state index contributed by atoms with van der Waals surface area (Å²) in [7, 11) is 0. The number of para-hydroxylation sites is 2. The average Bonchev–Trinajstić information content (AvgIpc) is 3.18. The SMILES string of the molecule is CCN(CC)c1cc(C)nc(Nc2ccc(NC(=O)Cn3cnc4ccccc43)cc2)n1. The van der Waals surface area contributed by atoms with Gasteiger partial charge in [0, 0.05) is 36.2 Å². The Kier molecular flexibility index (Phi) is 6.30. The van der Waals surface area contributed by atoms with Crippen LogP contribution in [0.4, 0.5) is 23.1 Å². The van der Waals surface area contributed by atoms with Crippen molar-refractivity contribution in [2.75, 3.05) is 28.6 Å². The first-order valence-corrected chi connectivity index (χ1v) is 10.7. The molecule has 8 heteroatoms. The summed E-state index contributed by atoms with van der Waals surface area (Å²) in [5.41, 5.74) is 4.28. The van der Waals surface area contributed by atoms with Crippen molar-refractivity contribution in [1.29, 1.82) is 0 Å². The average molecular weight is 430 g/mol. The number of carbonyl (C=O) groups excluding carboxylic acids is 1. The first-order chi connectivity index (χ1) is 15.6. The van der Waals surface area contributed by atoms with Crippen LogP contribution in [0.3, 0.4) is 0 Å². The number of anilines is 4. The van der Waals surface area contributed by atoms with E-state index in [4.69, 9.17) is 0 Å². The second-order valence-corrected chi connectivity index (χ2v) is 7.48. The smallest absolute Gasteiger partial charge is 0.244 e. The second kappa shape index (κ2) is 9.47. The molecule has 0 aliphatic carbocycles. The summed E-state index contributed by atoms with van der Waals surface area (Å²) in [6, 6.07) is 17.2. The molecule has 4 rings (SSSR count). The molecule has 2 aromatic heterocycles. The highest BCUT2D eigenvalue weighted by Gasteiger charge is 2.09. The number of benzene rings is 2. The molecule has 0 unspecified atom stereocenters. The van der Waals surface area contributed by atoms with E-state index in [0.29, 0.717) is 5.95 Å². The molecule has 0 aliphatic rings. The van der Waals surface area contributed by atoms with Gasteiger partial charge in [0.05, 0.1) is 17.4 Å². The summed E-state index contributed by atoms with van der Waals surface area (Å²) in [5.74, 6) is 1.34. The monoisotopic (exact) mass is 429 g/mol. The topological polar surface area (TPSA) is 88.0 Å². The molecule has 0 aliphatic heterocycles. The number of imidazole rings is 1. The zero-order valence-electron chi connectivity index (χ0n) is 18.5. The van der Waals surface area contributed by atoms with Gasteiger partial charge >= 0.3 is 0 Å². The maximum Gasteiger partial charge on any atom is 0.244 e. The van der Waals surface area contributed by atoms with E-state index in [2.05, 4.69) is 44.3 Å². The molecule has 0 saturated carbocycles. The highest BCUT2D eigenvalue weighted by molar-refractivity contribution is 5.91. The number of nitrogens with zero attached hydrogens (tertiary/aromatic N) is 5. The zero-order chi connectivity index (χ0) is 22.5. The third kappa shape index (κ3) is 4.85. The van der Waals surface area contributed by atoms with Gasteiger partial charge in [0.2, 0.25) is 11.9 Å². The van der Waals surface area contributed by atoms with Crippen molar-refractivity contribution in [2.24, 2.45) is 0 Å². The van der Waals surface area contributed by atoms with Crippen molar-refractivity contribution in [3.63, 3.8) is 0 Å². The Bertz CT molecular complexity index is 1210. The van der Waals surface area contributed by atoms with Gasteiger partial charge in [-0.2, -0.15) is 4.98 Å². The first-order valence-electron chi connectivity index (χ1n) is 10.7. The van der Waals surface area contributed by atoms with E-state index < -0.39 is 0 Å². The third-order valence-corrected chi connectivity index (χ3v) is 5.19. The van der Waals surface area contributed by atoms with Crippen LogP contribution in [0.1, 0.15) is 19.5 Å². The van der Waals surface area contributed by atoms with Crippen LogP contribution in [0, 0.1) is 6.92 Å². The Labute approximate surface area is 187 Å². The van der Waals surface area contributed by atoms with Crippen molar-refractivity contribution >= 4 is 40.1 Å². The van der Waals surface area contributed by atoms with Crippen LogP contribution in [-0.2, 0) is 11.3 Å². The lowest BCUT2D eigenvalue weighted by atomic mass is 10.2. The van der Waals surface area contributed by atoms with Crippen molar-refractivity contribution in [1.82, 2.24) is 19.5 Å². The van der Waals surface area contributed by atoms with Crippen LogP contribution in [-0.4, -0.2) is 38.5 Å². The van der Waals surface area contributed by atoms with Gasteiger partial charge in [0.25, 0.3) is 0 Å². The van der Waals surface area contributed by atoms with E-state index >= 15 is 0 Å². The van der Waals surface area contributed by atoms with E-state index in [1.54, 1.807) is 6.33 Å². The lowest BCUT2D eigenvalue weighted by molar-refractivity contribution is -0.116. The second-order valence-electron chi connectivity index (χ2n) is 7.48. The zero-order valence-corrected chi connectivity index (χ0v) is 18.5. The van der Waals surface area contributed by atoms with Crippen molar-refractivity contribution in [3.8, 4) is 0 Å². The lowest BCUT2D eigenvalue weighted by Gasteiger charge is -2.20. The molecular weight excluding hydrogens is 402 g/mol. The molecule has 0 radical (unpaired) electrons. The molecular formula is C24H27N7O. The molecule has 164 valence electrons. The lowest BCUT2D eigenvalue weighted by Crippen LogP contribution is -2.23. The number of hydrogen-bond donors (Lipinski definition) is 2. The number of aryl methyl sites for hydroxylation is 1. The summed E-state index contributed by atoms with van der Waals surface area (Å²) in [4.78, 5) is 28.1. The number of aromatic nitrogens is 4. The summed E-state index contributed by atoms with van der Waals surface area (Å²) in [5, 5.41) is 6.18. The van der Waals surface area contributed by atoms with Crippen LogP contribution < -0.4 is 15.5 Å². The fourth-order valence-corrected chi connectivity index (χ4v) is 3.57. The van der Waals surface area contributed by atoms with Crippen LogP contribution in [0.2, 0.25) is 0 Å². The summed E-state index contributed by atoms with van der Waals surface area (Å²) >= 11 is 0. The molecule has 2 heterocycles. The van der Waals surface area contributed by atoms with Gasteiger partial charge in [-0.3, -0.25) is 4.79 Å². The normalized spacial score (nSPS) is 10.8. The van der Waals surface area contributed by atoms with E-state index in [1.165, 1.54) is 0 Å². The molecule has 2 N–H and O–H groups in total. The maximum atomic E-state index is 12.5. The quantitative estimate of drug-likeness (QED) is 0.433. The van der Waals surface area contributed by atoms with Gasteiger partial charge in [0.15, 0.2) is 0 Å². The van der Waals surface area contributed by atoms with Gasteiger partial charge in [0.1, 0.15) is 12.4 Å². The van der Waals surface area contributed by atoms with Gasteiger partial charge in [-0.1, -0.05) is 12.1 Å². The minimum absolute atomic E-state index is 0.111. The summed E-state index contributed by atoms with van der Waals surface area (Å²) in [6.45, 7) is 8.14. The number of amides is 1. The molecule has 0 spiro atoms. The molecule has 1 amide bonds. The Morgan fingerprint density at radius 1 is 1.00 bits per heavy atom. The number of fused-ring (bicyclic) bond motifs is 1. The standard InChI is InChI=1S/C24H27N7O/c1-4-30(5-2)22-14-17(3)26-24(29-22)28-19-12-10-18(11-13-19)27-23(32)15-31-16-25-20-8-6-7-9-21(20)31/h6-14,16H,4-5,15H2,1-3H3,(H,27,32)(H,26,28,29). The molecule has 8 nitrogen and oxygen atoms in total. The summed E-state index contributed by atoms with van der Waals surface area (Å²) < 4.78 is 1.84. The van der Waals surface area contributed by atoms with Crippen molar-refractivity contribution < 1.29 is 4.79 Å². The van der Waals surface area contributed by atoms with Crippen LogP contribution in [0.15, 0.2) is 60.9 Å². The van der Waals surface area contributed by atoms with E-state index in [-0.39, 0.29) is 12.5 Å². The molecule has 32 heavy (non-hydrogen) atoms. The van der Waals surface area contributed by atoms with Crippen molar-refractivity contribution in [3.05, 3.63) is 66.6 Å².